The van der Waals surface area contributed by atoms with E-state index in [1.54, 1.807) is 0 Å². The lowest BCUT2D eigenvalue weighted by Crippen LogP contribution is -2.29. The summed E-state index contributed by atoms with van der Waals surface area (Å²) < 4.78 is 0. The van der Waals surface area contributed by atoms with Gasteiger partial charge >= 0.3 is 0 Å². The van der Waals surface area contributed by atoms with Gasteiger partial charge in [-0.15, -0.1) is 0 Å². The Labute approximate surface area is 88.6 Å². The average Bonchev–Trinajstić information content (AvgIpc) is 2.84. The van der Waals surface area contributed by atoms with Crippen LogP contribution in [0.4, 0.5) is 0 Å². The van der Waals surface area contributed by atoms with E-state index in [2.05, 4.69) is 26.1 Å². The number of nitrogens with two attached hydrogens (primary N) is 1. The van der Waals surface area contributed by atoms with Crippen molar-refractivity contribution in [1.82, 2.24) is 5.32 Å². The molecule has 0 aromatic rings. The van der Waals surface area contributed by atoms with Crippen LogP contribution in [0, 0.1) is 11.3 Å². The van der Waals surface area contributed by atoms with Gasteiger partial charge in [0.15, 0.2) is 0 Å². The molecule has 14 heavy (non-hydrogen) atoms. The number of hydrogen-bond donors (Lipinski definition) is 2. The monoisotopic (exact) mass is 198 g/mol. The lowest BCUT2D eigenvalue weighted by molar-refractivity contribution is 0.337. The summed E-state index contributed by atoms with van der Waals surface area (Å²) in [7, 11) is 0. The van der Waals surface area contributed by atoms with Crippen LogP contribution in [0.25, 0.3) is 0 Å². The maximum Gasteiger partial charge on any atom is 0.00109 e. The molecule has 0 aromatic carbocycles. The Morgan fingerprint density at radius 1 is 1.29 bits per heavy atom. The second kappa shape index (κ2) is 5.13. The van der Waals surface area contributed by atoms with Crippen molar-refractivity contribution in [3.8, 4) is 0 Å². The van der Waals surface area contributed by atoms with E-state index in [0.29, 0.717) is 11.5 Å². The first-order valence-electron chi connectivity index (χ1n) is 6.03. The molecule has 3 N–H and O–H groups in total. The largest absolute Gasteiger partial charge is 0.328 e. The Morgan fingerprint density at radius 3 is 2.36 bits per heavy atom. The zero-order chi connectivity index (χ0) is 10.6. The third-order valence-electron chi connectivity index (χ3n) is 3.61. The maximum atomic E-state index is 5.69. The van der Waals surface area contributed by atoms with Gasteiger partial charge in [-0.05, 0) is 50.5 Å². The first-order chi connectivity index (χ1) is 6.57. The van der Waals surface area contributed by atoms with Crippen LogP contribution in [0.1, 0.15) is 46.5 Å². The molecule has 1 atom stereocenters. The molecule has 1 aliphatic carbocycles. The Hall–Kier alpha value is -0.0800. The van der Waals surface area contributed by atoms with Gasteiger partial charge in [-0.2, -0.15) is 0 Å². The van der Waals surface area contributed by atoms with Crippen LogP contribution in [0.3, 0.4) is 0 Å². The van der Waals surface area contributed by atoms with Gasteiger partial charge in [0.05, 0.1) is 0 Å². The summed E-state index contributed by atoms with van der Waals surface area (Å²) in [5.74, 6) is 0.837. The molecule has 1 saturated carbocycles. The second-order valence-electron chi connectivity index (χ2n) is 5.31. The van der Waals surface area contributed by atoms with Crippen molar-refractivity contribution in [3.05, 3.63) is 0 Å². The highest BCUT2D eigenvalue weighted by molar-refractivity contribution is 4.96. The molecule has 1 aliphatic rings. The molecule has 1 rings (SSSR count). The van der Waals surface area contributed by atoms with Gasteiger partial charge in [0.25, 0.3) is 0 Å². The van der Waals surface area contributed by atoms with Crippen LogP contribution >= 0.6 is 0 Å². The summed E-state index contributed by atoms with van der Waals surface area (Å²) in [6.45, 7) is 9.11. The Kier molecular flexibility index (Phi) is 4.39. The average molecular weight is 198 g/mol. The zero-order valence-electron chi connectivity index (χ0n) is 9.97. The van der Waals surface area contributed by atoms with Crippen molar-refractivity contribution in [3.63, 3.8) is 0 Å². The lowest BCUT2D eigenvalue weighted by Gasteiger charge is -2.20. The predicted molar refractivity (Wildman–Crippen MR) is 62.3 cm³/mol. The topological polar surface area (TPSA) is 38.0 Å². The molecule has 0 saturated heterocycles. The standard InChI is InChI=1S/C12H26N2/c1-10(2)12(6-7-12)9-14-8-4-5-11(3)13/h10-11,14H,4-9,13H2,1-3H3. The highest BCUT2D eigenvalue weighted by atomic mass is 14.9. The zero-order valence-corrected chi connectivity index (χ0v) is 9.97. The van der Waals surface area contributed by atoms with Crippen LogP contribution in [-0.2, 0) is 0 Å². The molecular formula is C12H26N2. The number of hydrogen-bond acceptors (Lipinski definition) is 2. The van der Waals surface area contributed by atoms with Crippen molar-refractivity contribution in [2.45, 2.75) is 52.5 Å². The molecule has 0 radical (unpaired) electrons. The Balaban J connectivity index is 1.99. The van der Waals surface area contributed by atoms with Gasteiger partial charge < -0.3 is 11.1 Å². The number of rotatable bonds is 7. The fourth-order valence-corrected chi connectivity index (χ4v) is 2.01. The first-order valence-corrected chi connectivity index (χ1v) is 6.03. The van der Waals surface area contributed by atoms with Crippen molar-refractivity contribution < 1.29 is 0 Å². The molecule has 0 spiro atoms. The molecule has 0 bridgehead atoms. The van der Waals surface area contributed by atoms with Crippen molar-refractivity contribution >= 4 is 0 Å². The fourth-order valence-electron chi connectivity index (χ4n) is 2.01. The van der Waals surface area contributed by atoms with Crippen LogP contribution in [-0.4, -0.2) is 19.1 Å². The SMILES string of the molecule is CC(N)CCCNCC1(C(C)C)CC1. The minimum atomic E-state index is 0.358. The van der Waals surface area contributed by atoms with Crippen LogP contribution < -0.4 is 11.1 Å². The summed E-state index contributed by atoms with van der Waals surface area (Å²) >= 11 is 0. The van der Waals surface area contributed by atoms with Crippen molar-refractivity contribution in [2.75, 3.05) is 13.1 Å². The first kappa shape index (κ1) is 12.0. The van der Waals surface area contributed by atoms with Gasteiger partial charge in [0.1, 0.15) is 0 Å². The molecule has 0 amide bonds. The van der Waals surface area contributed by atoms with E-state index in [-0.39, 0.29) is 0 Å². The minimum absolute atomic E-state index is 0.358. The van der Waals surface area contributed by atoms with E-state index in [1.165, 1.54) is 25.8 Å². The van der Waals surface area contributed by atoms with E-state index in [0.717, 1.165) is 18.9 Å². The molecule has 2 nitrogen and oxygen atoms in total. The molecule has 0 aliphatic heterocycles. The summed E-state index contributed by atoms with van der Waals surface area (Å²) in [6, 6.07) is 0.358. The smallest absolute Gasteiger partial charge is 0.00109 e. The van der Waals surface area contributed by atoms with E-state index >= 15 is 0 Å². The number of nitrogens with one attached hydrogen (secondary N) is 1. The van der Waals surface area contributed by atoms with E-state index < -0.39 is 0 Å². The van der Waals surface area contributed by atoms with Gasteiger partial charge in [0, 0.05) is 12.6 Å². The Morgan fingerprint density at radius 2 is 1.93 bits per heavy atom. The third kappa shape index (κ3) is 3.58. The fraction of sp³-hybridized carbons (Fsp3) is 1.00. The summed E-state index contributed by atoms with van der Waals surface area (Å²) in [5, 5.41) is 3.57. The van der Waals surface area contributed by atoms with Gasteiger partial charge in [-0.1, -0.05) is 13.8 Å². The summed E-state index contributed by atoms with van der Waals surface area (Å²) in [5.41, 5.74) is 6.34. The normalized spacial score (nSPS) is 21.2. The molecule has 2 heteroatoms. The maximum absolute atomic E-state index is 5.69. The summed E-state index contributed by atoms with van der Waals surface area (Å²) in [6.07, 6.45) is 5.20. The van der Waals surface area contributed by atoms with Gasteiger partial charge in [-0.3, -0.25) is 0 Å². The molecule has 0 heterocycles. The second-order valence-corrected chi connectivity index (χ2v) is 5.31. The molecule has 84 valence electrons. The quantitative estimate of drug-likeness (QED) is 0.615. The van der Waals surface area contributed by atoms with E-state index in [9.17, 15) is 0 Å². The highest BCUT2D eigenvalue weighted by Crippen LogP contribution is 2.51. The van der Waals surface area contributed by atoms with E-state index in [4.69, 9.17) is 5.73 Å². The van der Waals surface area contributed by atoms with Crippen molar-refractivity contribution in [2.24, 2.45) is 17.1 Å². The predicted octanol–water partition coefficient (Wildman–Crippen LogP) is 2.14. The van der Waals surface area contributed by atoms with Crippen LogP contribution in [0.5, 0.6) is 0 Å². The van der Waals surface area contributed by atoms with E-state index in [1.807, 2.05) is 0 Å². The third-order valence-corrected chi connectivity index (χ3v) is 3.61. The molecule has 1 unspecified atom stereocenters. The Bertz CT molecular complexity index is 160. The molecule has 1 fully saturated rings. The van der Waals surface area contributed by atoms with Gasteiger partial charge in [0.2, 0.25) is 0 Å². The van der Waals surface area contributed by atoms with Crippen molar-refractivity contribution in [1.29, 1.82) is 0 Å². The highest BCUT2D eigenvalue weighted by Gasteiger charge is 2.44. The van der Waals surface area contributed by atoms with Crippen LogP contribution in [0.15, 0.2) is 0 Å². The molecule has 0 aromatic heterocycles. The summed E-state index contributed by atoms with van der Waals surface area (Å²) in [4.78, 5) is 0. The van der Waals surface area contributed by atoms with Gasteiger partial charge in [-0.25, -0.2) is 0 Å². The molecular weight excluding hydrogens is 172 g/mol. The minimum Gasteiger partial charge on any atom is -0.328 e. The lowest BCUT2D eigenvalue weighted by atomic mass is 9.92. The van der Waals surface area contributed by atoms with Crippen LogP contribution in [0.2, 0.25) is 0 Å².